The predicted molar refractivity (Wildman–Crippen MR) is 65.7 cm³/mol. The summed E-state index contributed by atoms with van der Waals surface area (Å²) < 4.78 is 26.2. The van der Waals surface area contributed by atoms with Gasteiger partial charge in [-0.15, -0.1) is 0 Å². The highest BCUT2D eigenvalue weighted by molar-refractivity contribution is 5.55. The van der Waals surface area contributed by atoms with Gasteiger partial charge in [-0.2, -0.15) is 0 Å². The quantitative estimate of drug-likeness (QED) is 0.901. The number of nitrogens with one attached hydrogen (secondary N) is 1. The summed E-state index contributed by atoms with van der Waals surface area (Å²) in [5, 5.41) is 2.78. The van der Waals surface area contributed by atoms with Gasteiger partial charge in [0.15, 0.2) is 0 Å². The maximum atomic E-state index is 13.4. The first-order chi connectivity index (χ1) is 8.69. The SMILES string of the molecule is CCCc1cncc(Nc2ccc(F)cc2F)n1. The van der Waals surface area contributed by atoms with E-state index < -0.39 is 11.6 Å². The highest BCUT2D eigenvalue weighted by Gasteiger charge is 2.05. The first kappa shape index (κ1) is 12.4. The number of rotatable bonds is 4. The molecule has 5 heteroatoms. The smallest absolute Gasteiger partial charge is 0.149 e. The third kappa shape index (κ3) is 3.00. The molecule has 0 aliphatic rings. The van der Waals surface area contributed by atoms with Crippen molar-refractivity contribution in [3.05, 3.63) is 47.9 Å². The summed E-state index contributed by atoms with van der Waals surface area (Å²) in [6.07, 6.45) is 4.95. The van der Waals surface area contributed by atoms with E-state index in [1.807, 2.05) is 6.92 Å². The third-order valence-electron chi connectivity index (χ3n) is 2.38. The Labute approximate surface area is 104 Å². The average Bonchev–Trinajstić information content (AvgIpc) is 2.34. The average molecular weight is 249 g/mol. The zero-order chi connectivity index (χ0) is 13.0. The number of benzene rings is 1. The van der Waals surface area contributed by atoms with Gasteiger partial charge in [-0.05, 0) is 18.6 Å². The van der Waals surface area contributed by atoms with Gasteiger partial charge >= 0.3 is 0 Å². The molecule has 0 spiro atoms. The lowest BCUT2D eigenvalue weighted by atomic mass is 10.2. The number of aromatic nitrogens is 2. The molecular weight excluding hydrogens is 236 g/mol. The molecule has 0 unspecified atom stereocenters. The molecule has 0 fully saturated rings. The van der Waals surface area contributed by atoms with Crippen LogP contribution in [0.1, 0.15) is 19.0 Å². The largest absolute Gasteiger partial charge is 0.337 e. The highest BCUT2D eigenvalue weighted by Crippen LogP contribution is 2.19. The fourth-order valence-electron chi connectivity index (χ4n) is 1.57. The van der Waals surface area contributed by atoms with Crippen molar-refractivity contribution in [3.8, 4) is 0 Å². The minimum Gasteiger partial charge on any atom is -0.337 e. The van der Waals surface area contributed by atoms with Crippen LogP contribution in [0, 0.1) is 11.6 Å². The van der Waals surface area contributed by atoms with E-state index in [2.05, 4.69) is 15.3 Å². The van der Waals surface area contributed by atoms with Crippen molar-refractivity contribution >= 4 is 11.5 Å². The molecule has 1 aromatic carbocycles. The van der Waals surface area contributed by atoms with Crippen LogP contribution in [0.4, 0.5) is 20.3 Å². The van der Waals surface area contributed by atoms with Gasteiger partial charge in [0.2, 0.25) is 0 Å². The zero-order valence-electron chi connectivity index (χ0n) is 9.95. The summed E-state index contributed by atoms with van der Waals surface area (Å²) in [6.45, 7) is 2.04. The second-order valence-electron chi connectivity index (χ2n) is 3.89. The van der Waals surface area contributed by atoms with E-state index in [-0.39, 0.29) is 5.69 Å². The Morgan fingerprint density at radius 2 is 2.06 bits per heavy atom. The van der Waals surface area contributed by atoms with Gasteiger partial charge in [-0.3, -0.25) is 4.98 Å². The normalized spacial score (nSPS) is 10.4. The van der Waals surface area contributed by atoms with Crippen molar-refractivity contribution in [2.24, 2.45) is 0 Å². The van der Waals surface area contributed by atoms with E-state index in [0.29, 0.717) is 5.82 Å². The van der Waals surface area contributed by atoms with Gasteiger partial charge in [-0.1, -0.05) is 13.3 Å². The van der Waals surface area contributed by atoms with Crippen molar-refractivity contribution < 1.29 is 8.78 Å². The number of halogens is 2. The molecule has 0 saturated heterocycles. The van der Waals surface area contributed by atoms with Crippen LogP contribution in [-0.4, -0.2) is 9.97 Å². The Morgan fingerprint density at radius 1 is 1.22 bits per heavy atom. The third-order valence-corrected chi connectivity index (χ3v) is 2.38. The maximum absolute atomic E-state index is 13.4. The van der Waals surface area contributed by atoms with Crippen molar-refractivity contribution in [1.82, 2.24) is 9.97 Å². The summed E-state index contributed by atoms with van der Waals surface area (Å²) in [4.78, 5) is 8.31. The van der Waals surface area contributed by atoms with E-state index in [1.54, 1.807) is 6.20 Å². The van der Waals surface area contributed by atoms with Crippen LogP contribution in [0.3, 0.4) is 0 Å². The molecule has 1 aromatic heterocycles. The first-order valence-corrected chi connectivity index (χ1v) is 5.72. The number of anilines is 2. The van der Waals surface area contributed by atoms with Gasteiger partial charge in [0, 0.05) is 12.3 Å². The van der Waals surface area contributed by atoms with Crippen molar-refractivity contribution in [2.75, 3.05) is 5.32 Å². The van der Waals surface area contributed by atoms with Crippen LogP contribution >= 0.6 is 0 Å². The van der Waals surface area contributed by atoms with E-state index >= 15 is 0 Å². The summed E-state index contributed by atoms with van der Waals surface area (Å²) in [6, 6.07) is 3.35. The second kappa shape index (κ2) is 5.53. The molecule has 18 heavy (non-hydrogen) atoms. The van der Waals surface area contributed by atoms with E-state index in [4.69, 9.17) is 0 Å². The van der Waals surface area contributed by atoms with Gasteiger partial charge in [-0.25, -0.2) is 13.8 Å². The van der Waals surface area contributed by atoms with E-state index in [9.17, 15) is 8.78 Å². The van der Waals surface area contributed by atoms with Crippen LogP contribution in [0.15, 0.2) is 30.6 Å². The van der Waals surface area contributed by atoms with Crippen LogP contribution < -0.4 is 5.32 Å². The summed E-state index contributed by atoms with van der Waals surface area (Å²) in [7, 11) is 0. The molecule has 94 valence electrons. The topological polar surface area (TPSA) is 37.8 Å². The minimum absolute atomic E-state index is 0.180. The molecule has 2 rings (SSSR count). The fourth-order valence-corrected chi connectivity index (χ4v) is 1.57. The van der Waals surface area contributed by atoms with Gasteiger partial charge in [0.1, 0.15) is 17.5 Å². The Hall–Kier alpha value is -2.04. The van der Waals surface area contributed by atoms with Crippen molar-refractivity contribution in [1.29, 1.82) is 0 Å². The van der Waals surface area contributed by atoms with Gasteiger partial charge in [0.25, 0.3) is 0 Å². The monoisotopic (exact) mass is 249 g/mol. The van der Waals surface area contributed by atoms with E-state index in [0.717, 1.165) is 24.6 Å². The zero-order valence-corrected chi connectivity index (χ0v) is 9.95. The van der Waals surface area contributed by atoms with Gasteiger partial charge < -0.3 is 5.32 Å². The maximum Gasteiger partial charge on any atom is 0.149 e. The van der Waals surface area contributed by atoms with E-state index in [1.165, 1.54) is 18.3 Å². The number of hydrogen-bond donors (Lipinski definition) is 1. The molecule has 1 N–H and O–H groups in total. The van der Waals surface area contributed by atoms with Gasteiger partial charge in [0.05, 0.1) is 17.6 Å². The van der Waals surface area contributed by atoms with Crippen molar-refractivity contribution in [3.63, 3.8) is 0 Å². The molecule has 0 atom stereocenters. The predicted octanol–water partition coefficient (Wildman–Crippen LogP) is 3.45. The number of hydrogen-bond acceptors (Lipinski definition) is 3. The van der Waals surface area contributed by atoms with Crippen molar-refractivity contribution in [2.45, 2.75) is 19.8 Å². The molecule has 0 bridgehead atoms. The second-order valence-corrected chi connectivity index (χ2v) is 3.89. The minimum atomic E-state index is -0.655. The Bertz CT molecular complexity index is 544. The lowest BCUT2D eigenvalue weighted by Crippen LogP contribution is -2.00. The summed E-state index contributed by atoms with van der Waals surface area (Å²) in [5.74, 6) is -0.812. The molecular formula is C13H13F2N3. The van der Waals surface area contributed by atoms with Crippen LogP contribution in [0.5, 0.6) is 0 Å². The molecule has 0 amide bonds. The highest BCUT2D eigenvalue weighted by atomic mass is 19.1. The van der Waals surface area contributed by atoms with Crippen LogP contribution in [0.25, 0.3) is 0 Å². The standard InChI is InChI=1S/C13H13F2N3/c1-2-3-10-7-16-8-13(17-10)18-12-5-4-9(14)6-11(12)15/h4-8H,2-3H2,1H3,(H,17,18). The first-order valence-electron chi connectivity index (χ1n) is 5.72. The number of aryl methyl sites for hydroxylation is 1. The molecule has 1 heterocycles. The Balaban J connectivity index is 2.20. The molecule has 2 aromatic rings. The Kier molecular flexibility index (Phi) is 3.82. The van der Waals surface area contributed by atoms with Crippen LogP contribution in [0.2, 0.25) is 0 Å². The molecule has 0 aliphatic heterocycles. The lowest BCUT2D eigenvalue weighted by molar-refractivity contribution is 0.586. The summed E-state index contributed by atoms with van der Waals surface area (Å²) >= 11 is 0. The molecule has 3 nitrogen and oxygen atoms in total. The number of nitrogens with zero attached hydrogens (tertiary/aromatic N) is 2. The molecule has 0 aliphatic carbocycles. The van der Waals surface area contributed by atoms with Crippen LogP contribution in [-0.2, 0) is 6.42 Å². The molecule has 0 radical (unpaired) electrons. The molecule has 0 saturated carbocycles. The Morgan fingerprint density at radius 3 is 2.78 bits per heavy atom. The summed E-state index contributed by atoms with van der Waals surface area (Å²) in [5.41, 5.74) is 1.02. The fraction of sp³-hybridized carbons (Fsp3) is 0.231. The lowest BCUT2D eigenvalue weighted by Gasteiger charge is -2.07.